The van der Waals surface area contributed by atoms with Gasteiger partial charge in [-0.25, -0.2) is 4.98 Å². The fourth-order valence-corrected chi connectivity index (χ4v) is 2.83. The quantitative estimate of drug-likeness (QED) is 0.693. The Morgan fingerprint density at radius 3 is 2.61 bits per heavy atom. The minimum absolute atomic E-state index is 0.134. The molecule has 0 unspecified atom stereocenters. The molecule has 0 spiro atoms. The van der Waals surface area contributed by atoms with Crippen LogP contribution in [0.15, 0.2) is 33.9 Å². The number of benzene rings is 1. The van der Waals surface area contributed by atoms with Crippen LogP contribution in [0, 0.1) is 0 Å². The summed E-state index contributed by atoms with van der Waals surface area (Å²) in [6.07, 6.45) is 3.06. The highest BCUT2D eigenvalue weighted by atomic mass is 79.9. The maximum Gasteiger partial charge on any atom is 0.264 e. The third kappa shape index (κ3) is 2.70. The van der Waals surface area contributed by atoms with Crippen molar-refractivity contribution in [3.8, 4) is 11.5 Å². The number of hydrogen-bond donors (Lipinski definition) is 0. The summed E-state index contributed by atoms with van der Waals surface area (Å²) in [4.78, 5) is 16.8. The summed E-state index contributed by atoms with van der Waals surface area (Å²) in [5.74, 6) is 1.23. The maximum atomic E-state index is 12.5. The molecule has 0 amide bonds. The predicted molar refractivity (Wildman–Crippen MR) is 89.1 cm³/mol. The van der Waals surface area contributed by atoms with Gasteiger partial charge in [-0.05, 0) is 17.7 Å². The molecule has 3 aromatic rings. The summed E-state index contributed by atoms with van der Waals surface area (Å²) in [6, 6.07) is 3.65. The Labute approximate surface area is 140 Å². The van der Waals surface area contributed by atoms with Gasteiger partial charge < -0.3 is 9.47 Å². The Morgan fingerprint density at radius 2 is 1.91 bits per heavy atom. The molecule has 0 fully saturated rings. The highest BCUT2D eigenvalue weighted by Crippen LogP contribution is 2.33. The molecule has 0 aliphatic heterocycles. The largest absolute Gasteiger partial charge is 0.493 e. The first kappa shape index (κ1) is 15.5. The molecule has 23 heavy (non-hydrogen) atoms. The van der Waals surface area contributed by atoms with Crippen molar-refractivity contribution in [1.82, 2.24) is 19.3 Å². The standard InChI is InChI=1S/C15H15BrN4O3/c1-19-14-10(6-18-19)15(21)20(8-17-14)7-9-4-12(22-2)13(23-3)5-11(9)16/h4-6,8H,7H2,1-3H3. The van der Waals surface area contributed by atoms with Crippen LogP contribution in [-0.4, -0.2) is 33.6 Å². The summed E-state index contributed by atoms with van der Waals surface area (Å²) in [5, 5.41) is 4.56. The van der Waals surface area contributed by atoms with Gasteiger partial charge in [-0.1, -0.05) is 15.9 Å². The van der Waals surface area contributed by atoms with Crippen LogP contribution in [0.5, 0.6) is 11.5 Å². The minimum atomic E-state index is -0.134. The van der Waals surface area contributed by atoms with E-state index in [1.807, 2.05) is 12.1 Å². The SMILES string of the molecule is COc1cc(Br)c(Cn2cnc3c(cnn3C)c2=O)cc1OC. The number of ether oxygens (including phenoxy) is 2. The molecule has 3 rings (SSSR count). The van der Waals surface area contributed by atoms with Crippen LogP contribution < -0.4 is 15.0 Å². The molecule has 0 radical (unpaired) electrons. The van der Waals surface area contributed by atoms with Crippen LogP contribution in [0.25, 0.3) is 11.0 Å². The van der Waals surface area contributed by atoms with Gasteiger partial charge in [0, 0.05) is 11.5 Å². The predicted octanol–water partition coefficient (Wildman–Crippen LogP) is 1.96. The normalized spacial score (nSPS) is 11.0. The lowest BCUT2D eigenvalue weighted by molar-refractivity contribution is 0.354. The number of halogens is 1. The zero-order valence-corrected chi connectivity index (χ0v) is 14.5. The molecule has 8 heteroatoms. The summed E-state index contributed by atoms with van der Waals surface area (Å²) in [7, 11) is 4.91. The van der Waals surface area contributed by atoms with E-state index in [-0.39, 0.29) is 5.56 Å². The Bertz CT molecular complexity index is 932. The van der Waals surface area contributed by atoms with Gasteiger partial charge in [0.25, 0.3) is 5.56 Å². The van der Waals surface area contributed by atoms with Gasteiger partial charge in [-0.15, -0.1) is 0 Å². The number of fused-ring (bicyclic) bond motifs is 1. The number of aromatic nitrogens is 4. The second-order valence-corrected chi connectivity index (χ2v) is 5.84. The third-order valence-corrected chi connectivity index (χ3v) is 4.35. The van der Waals surface area contributed by atoms with E-state index in [4.69, 9.17) is 9.47 Å². The molecular formula is C15H15BrN4O3. The Kier molecular flexibility index (Phi) is 4.08. The van der Waals surface area contributed by atoms with Crippen LogP contribution in [0.4, 0.5) is 0 Å². The van der Waals surface area contributed by atoms with E-state index in [1.54, 1.807) is 25.9 Å². The van der Waals surface area contributed by atoms with E-state index in [0.29, 0.717) is 29.1 Å². The minimum Gasteiger partial charge on any atom is -0.493 e. The molecule has 0 atom stereocenters. The summed E-state index contributed by atoms with van der Waals surface area (Å²) in [5.41, 5.74) is 1.32. The highest BCUT2D eigenvalue weighted by Gasteiger charge is 2.13. The summed E-state index contributed by atoms with van der Waals surface area (Å²) in [6.45, 7) is 0.359. The van der Waals surface area contributed by atoms with Gasteiger partial charge in [-0.3, -0.25) is 14.0 Å². The molecule has 1 aromatic carbocycles. The summed E-state index contributed by atoms with van der Waals surface area (Å²) < 4.78 is 14.5. The van der Waals surface area contributed by atoms with Crippen molar-refractivity contribution in [2.75, 3.05) is 14.2 Å². The summed E-state index contributed by atoms with van der Waals surface area (Å²) >= 11 is 3.50. The lowest BCUT2D eigenvalue weighted by atomic mass is 10.2. The second kappa shape index (κ2) is 6.04. The Morgan fingerprint density at radius 1 is 1.22 bits per heavy atom. The molecule has 7 nitrogen and oxygen atoms in total. The maximum absolute atomic E-state index is 12.5. The van der Waals surface area contributed by atoms with Crippen molar-refractivity contribution in [3.63, 3.8) is 0 Å². The third-order valence-electron chi connectivity index (χ3n) is 3.61. The Hall–Kier alpha value is -2.35. The second-order valence-electron chi connectivity index (χ2n) is 4.98. The zero-order chi connectivity index (χ0) is 16.6. The molecule has 0 aliphatic rings. The van der Waals surface area contributed by atoms with E-state index in [0.717, 1.165) is 10.0 Å². The number of hydrogen-bond acceptors (Lipinski definition) is 5. The first-order valence-corrected chi connectivity index (χ1v) is 7.62. The fourth-order valence-electron chi connectivity index (χ4n) is 2.38. The van der Waals surface area contributed by atoms with Gasteiger partial charge in [-0.2, -0.15) is 5.10 Å². The number of nitrogens with zero attached hydrogens (tertiary/aromatic N) is 4. The topological polar surface area (TPSA) is 71.2 Å². The highest BCUT2D eigenvalue weighted by molar-refractivity contribution is 9.10. The van der Waals surface area contributed by atoms with Crippen LogP contribution in [0.3, 0.4) is 0 Å². The van der Waals surface area contributed by atoms with Crippen molar-refractivity contribution in [2.45, 2.75) is 6.54 Å². The number of methoxy groups -OCH3 is 2. The molecule has 0 bridgehead atoms. The average Bonchev–Trinajstić information content (AvgIpc) is 2.93. The fraction of sp³-hybridized carbons (Fsp3) is 0.267. The first-order valence-electron chi connectivity index (χ1n) is 6.82. The zero-order valence-electron chi connectivity index (χ0n) is 12.9. The Balaban J connectivity index is 2.05. The number of aryl methyl sites for hydroxylation is 1. The molecule has 0 N–H and O–H groups in total. The molecular weight excluding hydrogens is 364 g/mol. The van der Waals surface area contributed by atoms with Crippen molar-refractivity contribution in [2.24, 2.45) is 7.05 Å². The van der Waals surface area contributed by atoms with E-state index in [2.05, 4.69) is 26.0 Å². The van der Waals surface area contributed by atoms with Crippen LogP contribution in [0.1, 0.15) is 5.56 Å². The molecule has 2 heterocycles. The van der Waals surface area contributed by atoms with E-state index in [9.17, 15) is 4.79 Å². The molecule has 0 saturated heterocycles. The molecule has 0 saturated carbocycles. The van der Waals surface area contributed by atoms with E-state index >= 15 is 0 Å². The van der Waals surface area contributed by atoms with Gasteiger partial charge in [0.15, 0.2) is 17.1 Å². The molecule has 2 aromatic heterocycles. The van der Waals surface area contributed by atoms with Gasteiger partial charge in [0.05, 0.1) is 27.0 Å². The molecule has 0 aliphatic carbocycles. The van der Waals surface area contributed by atoms with Crippen molar-refractivity contribution in [1.29, 1.82) is 0 Å². The lowest BCUT2D eigenvalue weighted by Gasteiger charge is -2.13. The van der Waals surface area contributed by atoms with Crippen molar-refractivity contribution >= 4 is 27.0 Å². The number of rotatable bonds is 4. The van der Waals surface area contributed by atoms with Crippen molar-refractivity contribution in [3.05, 3.63) is 45.0 Å². The van der Waals surface area contributed by atoms with Gasteiger partial charge in [0.1, 0.15) is 11.7 Å². The smallest absolute Gasteiger partial charge is 0.264 e. The van der Waals surface area contributed by atoms with Crippen molar-refractivity contribution < 1.29 is 9.47 Å². The van der Waals surface area contributed by atoms with Gasteiger partial charge in [0.2, 0.25) is 0 Å². The van der Waals surface area contributed by atoms with Crippen LogP contribution >= 0.6 is 15.9 Å². The average molecular weight is 379 g/mol. The first-order chi connectivity index (χ1) is 11.0. The monoisotopic (exact) mass is 378 g/mol. The van der Waals surface area contributed by atoms with Crippen LogP contribution in [0.2, 0.25) is 0 Å². The molecule has 120 valence electrons. The van der Waals surface area contributed by atoms with Crippen LogP contribution in [-0.2, 0) is 13.6 Å². The van der Waals surface area contributed by atoms with E-state index < -0.39 is 0 Å². The van der Waals surface area contributed by atoms with E-state index in [1.165, 1.54) is 17.1 Å². The lowest BCUT2D eigenvalue weighted by Crippen LogP contribution is -2.21. The van der Waals surface area contributed by atoms with Gasteiger partial charge >= 0.3 is 0 Å².